The Morgan fingerprint density at radius 2 is 2.50 bits per heavy atom. The van der Waals surface area contributed by atoms with Crippen LogP contribution in [0.5, 0.6) is 0 Å². The van der Waals surface area contributed by atoms with Crippen LogP contribution in [0.25, 0.3) is 11.3 Å². The predicted octanol–water partition coefficient (Wildman–Crippen LogP) is 2.00. The van der Waals surface area contributed by atoms with Crippen molar-refractivity contribution in [1.29, 1.82) is 0 Å². The molecule has 1 fully saturated rings. The molecule has 6 heteroatoms. The van der Waals surface area contributed by atoms with E-state index in [1.54, 1.807) is 12.4 Å². The molecule has 1 aliphatic rings. The SMILES string of the molecule is O=C(NCc1nc(-c2cccnc2)cs1)C1CCCO1. The number of carbonyl (C=O) groups excluding carboxylic acids is 1. The summed E-state index contributed by atoms with van der Waals surface area (Å²) in [6.07, 6.45) is 5.00. The number of carbonyl (C=O) groups is 1. The summed E-state index contributed by atoms with van der Waals surface area (Å²) >= 11 is 1.53. The average molecular weight is 289 g/mol. The number of pyridine rings is 1. The number of ether oxygens (including phenoxy) is 1. The fourth-order valence-electron chi connectivity index (χ4n) is 2.10. The Balaban J connectivity index is 1.59. The van der Waals surface area contributed by atoms with Crippen LogP contribution in [-0.4, -0.2) is 28.6 Å². The molecule has 3 rings (SSSR count). The number of amides is 1. The zero-order chi connectivity index (χ0) is 13.8. The zero-order valence-electron chi connectivity index (χ0n) is 10.9. The number of rotatable bonds is 4. The van der Waals surface area contributed by atoms with Gasteiger partial charge in [0.15, 0.2) is 0 Å². The molecule has 1 N–H and O–H groups in total. The molecule has 2 aromatic rings. The summed E-state index contributed by atoms with van der Waals surface area (Å²) < 4.78 is 5.34. The largest absolute Gasteiger partial charge is 0.368 e. The molecule has 3 heterocycles. The van der Waals surface area contributed by atoms with Crippen LogP contribution < -0.4 is 5.32 Å². The molecule has 0 aliphatic carbocycles. The molecule has 20 heavy (non-hydrogen) atoms. The van der Waals surface area contributed by atoms with E-state index < -0.39 is 0 Å². The highest BCUT2D eigenvalue weighted by atomic mass is 32.1. The lowest BCUT2D eigenvalue weighted by molar-refractivity contribution is -0.130. The second kappa shape index (κ2) is 6.11. The van der Waals surface area contributed by atoms with Gasteiger partial charge in [-0.05, 0) is 25.0 Å². The Bertz CT molecular complexity index is 579. The van der Waals surface area contributed by atoms with Gasteiger partial charge in [-0.25, -0.2) is 4.98 Å². The molecule has 0 spiro atoms. The van der Waals surface area contributed by atoms with E-state index in [4.69, 9.17) is 4.74 Å². The van der Waals surface area contributed by atoms with Gasteiger partial charge in [0.2, 0.25) is 5.91 Å². The Kier molecular flexibility index (Phi) is 4.03. The first kappa shape index (κ1) is 13.2. The van der Waals surface area contributed by atoms with Crippen LogP contribution in [0.2, 0.25) is 0 Å². The smallest absolute Gasteiger partial charge is 0.249 e. The first-order valence-electron chi connectivity index (χ1n) is 6.57. The van der Waals surface area contributed by atoms with Gasteiger partial charge >= 0.3 is 0 Å². The van der Waals surface area contributed by atoms with Crippen LogP contribution in [0.4, 0.5) is 0 Å². The van der Waals surface area contributed by atoms with Crippen LogP contribution in [0, 0.1) is 0 Å². The van der Waals surface area contributed by atoms with Gasteiger partial charge < -0.3 is 10.1 Å². The summed E-state index contributed by atoms with van der Waals surface area (Å²) in [6, 6.07) is 3.85. The molecule has 0 aromatic carbocycles. The number of hydrogen-bond donors (Lipinski definition) is 1. The monoisotopic (exact) mass is 289 g/mol. The van der Waals surface area contributed by atoms with E-state index in [1.165, 1.54) is 11.3 Å². The van der Waals surface area contributed by atoms with Gasteiger partial charge in [-0.1, -0.05) is 0 Å². The van der Waals surface area contributed by atoms with Crippen molar-refractivity contribution < 1.29 is 9.53 Å². The van der Waals surface area contributed by atoms with Gasteiger partial charge in [-0.2, -0.15) is 0 Å². The summed E-state index contributed by atoms with van der Waals surface area (Å²) in [7, 11) is 0. The first-order valence-corrected chi connectivity index (χ1v) is 7.45. The minimum atomic E-state index is -0.284. The van der Waals surface area contributed by atoms with Gasteiger partial charge in [0.25, 0.3) is 0 Å². The second-order valence-corrected chi connectivity index (χ2v) is 5.53. The molecule has 1 saturated heterocycles. The number of hydrogen-bond acceptors (Lipinski definition) is 5. The van der Waals surface area contributed by atoms with Crippen molar-refractivity contribution in [3.63, 3.8) is 0 Å². The quantitative estimate of drug-likeness (QED) is 0.935. The van der Waals surface area contributed by atoms with Crippen molar-refractivity contribution in [2.45, 2.75) is 25.5 Å². The van der Waals surface area contributed by atoms with E-state index in [2.05, 4.69) is 15.3 Å². The summed E-state index contributed by atoms with van der Waals surface area (Å²) in [6.45, 7) is 1.13. The fourth-order valence-corrected chi connectivity index (χ4v) is 2.84. The maximum Gasteiger partial charge on any atom is 0.249 e. The van der Waals surface area contributed by atoms with E-state index in [-0.39, 0.29) is 12.0 Å². The number of thiazole rings is 1. The maximum atomic E-state index is 11.8. The second-order valence-electron chi connectivity index (χ2n) is 4.59. The van der Waals surface area contributed by atoms with Crippen molar-refractivity contribution in [3.8, 4) is 11.3 Å². The molecule has 2 aromatic heterocycles. The van der Waals surface area contributed by atoms with Crippen LogP contribution in [0.15, 0.2) is 29.9 Å². The third-order valence-corrected chi connectivity index (χ3v) is 3.99. The Morgan fingerprint density at radius 3 is 3.25 bits per heavy atom. The highest BCUT2D eigenvalue weighted by molar-refractivity contribution is 7.09. The number of aromatic nitrogens is 2. The van der Waals surface area contributed by atoms with Gasteiger partial charge in [0.05, 0.1) is 12.2 Å². The zero-order valence-corrected chi connectivity index (χ0v) is 11.7. The molecule has 5 nitrogen and oxygen atoms in total. The van der Waals surface area contributed by atoms with Crippen molar-refractivity contribution in [3.05, 3.63) is 34.9 Å². The molecule has 0 radical (unpaired) electrons. The Morgan fingerprint density at radius 1 is 1.55 bits per heavy atom. The molecular formula is C14H15N3O2S. The number of nitrogens with one attached hydrogen (secondary N) is 1. The molecule has 1 atom stereocenters. The van der Waals surface area contributed by atoms with Crippen molar-refractivity contribution in [2.75, 3.05) is 6.61 Å². The van der Waals surface area contributed by atoms with E-state index in [0.717, 1.165) is 29.1 Å². The first-order chi connectivity index (χ1) is 9.83. The topological polar surface area (TPSA) is 64.1 Å². The van der Waals surface area contributed by atoms with Crippen molar-refractivity contribution in [1.82, 2.24) is 15.3 Å². The standard InChI is InChI=1S/C14H15N3O2S/c18-14(12-4-2-6-19-12)16-8-13-17-11(9-20-13)10-3-1-5-15-7-10/h1,3,5,7,9,12H,2,4,6,8H2,(H,16,18). The van der Waals surface area contributed by atoms with E-state index in [0.29, 0.717) is 13.2 Å². The third-order valence-electron chi connectivity index (χ3n) is 3.15. The highest BCUT2D eigenvalue weighted by Crippen LogP contribution is 2.20. The lowest BCUT2D eigenvalue weighted by Gasteiger charge is -2.08. The van der Waals surface area contributed by atoms with E-state index >= 15 is 0 Å². The summed E-state index contributed by atoms with van der Waals surface area (Å²) in [5.74, 6) is -0.0411. The Labute approximate surface area is 121 Å². The molecule has 104 valence electrons. The van der Waals surface area contributed by atoms with Crippen LogP contribution in [0.1, 0.15) is 17.8 Å². The molecule has 0 bridgehead atoms. The average Bonchev–Trinajstić information content (AvgIpc) is 3.17. The molecule has 0 saturated carbocycles. The van der Waals surface area contributed by atoms with Crippen molar-refractivity contribution in [2.24, 2.45) is 0 Å². The minimum Gasteiger partial charge on any atom is -0.368 e. The third kappa shape index (κ3) is 3.02. The lowest BCUT2D eigenvalue weighted by atomic mass is 10.2. The van der Waals surface area contributed by atoms with Crippen LogP contribution in [0.3, 0.4) is 0 Å². The molecule has 1 amide bonds. The maximum absolute atomic E-state index is 11.8. The summed E-state index contributed by atoms with van der Waals surface area (Å²) in [4.78, 5) is 20.4. The highest BCUT2D eigenvalue weighted by Gasteiger charge is 2.23. The fraction of sp³-hybridized carbons (Fsp3) is 0.357. The number of nitrogens with zero attached hydrogens (tertiary/aromatic N) is 2. The van der Waals surface area contributed by atoms with E-state index in [9.17, 15) is 4.79 Å². The van der Waals surface area contributed by atoms with Crippen molar-refractivity contribution >= 4 is 17.2 Å². The van der Waals surface area contributed by atoms with Gasteiger partial charge in [-0.3, -0.25) is 9.78 Å². The molecule has 1 unspecified atom stereocenters. The van der Waals surface area contributed by atoms with Crippen LogP contribution >= 0.6 is 11.3 Å². The predicted molar refractivity (Wildman–Crippen MR) is 76.2 cm³/mol. The summed E-state index contributed by atoms with van der Waals surface area (Å²) in [5.41, 5.74) is 1.88. The van der Waals surface area contributed by atoms with E-state index in [1.807, 2.05) is 17.5 Å². The van der Waals surface area contributed by atoms with Gasteiger partial charge in [0, 0.05) is 29.9 Å². The summed E-state index contributed by atoms with van der Waals surface area (Å²) in [5, 5.41) is 5.74. The Hall–Kier alpha value is -1.79. The minimum absolute atomic E-state index is 0.0411. The van der Waals surface area contributed by atoms with Gasteiger partial charge in [-0.15, -0.1) is 11.3 Å². The molecule has 1 aliphatic heterocycles. The van der Waals surface area contributed by atoms with Gasteiger partial charge in [0.1, 0.15) is 11.1 Å². The normalized spacial score (nSPS) is 18.1. The molecular weight excluding hydrogens is 274 g/mol. The lowest BCUT2D eigenvalue weighted by Crippen LogP contribution is -2.33. The van der Waals surface area contributed by atoms with Crippen LogP contribution in [-0.2, 0) is 16.1 Å².